The fourth-order valence-electron chi connectivity index (χ4n) is 2.94. The highest BCUT2D eigenvalue weighted by atomic mass is 16.2. The Kier molecular flexibility index (Phi) is 3.84. The SMILES string of the molecule is O=C(NC1CCc2[nH]ncc2C1)c1cnc(Cn2cncn2)[nH]c1=O. The van der Waals surface area contributed by atoms with E-state index in [0.717, 1.165) is 24.1 Å². The molecule has 1 amide bonds. The minimum Gasteiger partial charge on any atom is -0.349 e. The van der Waals surface area contributed by atoms with Gasteiger partial charge in [0.15, 0.2) is 0 Å². The summed E-state index contributed by atoms with van der Waals surface area (Å²) in [5.41, 5.74) is 1.75. The summed E-state index contributed by atoms with van der Waals surface area (Å²) >= 11 is 0. The summed E-state index contributed by atoms with van der Waals surface area (Å²) in [6.45, 7) is 0.281. The zero-order valence-corrected chi connectivity index (χ0v) is 13.3. The second-order valence-electron chi connectivity index (χ2n) is 5.95. The minimum atomic E-state index is -0.470. The molecule has 1 aliphatic carbocycles. The van der Waals surface area contributed by atoms with Gasteiger partial charge in [0, 0.05) is 17.9 Å². The molecule has 1 aliphatic rings. The first kappa shape index (κ1) is 15.2. The Labute approximate surface area is 141 Å². The van der Waals surface area contributed by atoms with Crippen molar-refractivity contribution >= 4 is 5.91 Å². The third-order valence-electron chi connectivity index (χ3n) is 4.23. The number of aromatic nitrogens is 7. The first-order valence-electron chi connectivity index (χ1n) is 7.91. The highest BCUT2D eigenvalue weighted by Crippen LogP contribution is 2.18. The molecule has 0 aromatic carbocycles. The van der Waals surface area contributed by atoms with Gasteiger partial charge in [0.1, 0.15) is 30.6 Å². The van der Waals surface area contributed by atoms with Crippen molar-refractivity contribution in [1.82, 2.24) is 40.2 Å². The molecule has 0 saturated carbocycles. The van der Waals surface area contributed by atoms with Crippen molar-refractivity contribution in [3.63, 3.8) is 0 Å². The van der Waals surface area contributed by atoms with Crippen LogP contribution in [-0.4, -0.2) is 46.9 Å². The van der Waals surface area contributed by atoms with Crippen LogP contribution < -0.4 is 10.9 Å². The predicted octanol–water partition coefficient (Wildman–Crippen LogP) is -0.580. The van der Waals surface area contributed by atoms with Gasteiger partial charge in [0.05, 0.1) is 6.20 Å². The number of rotatable bonds is 4. The van der Waals surface area contributed by atoms with Crippen LogP contribution in [0, 0.1) is 0 Å². The van der Waals surface area contributed by atoms with Crippen LogP contribution in [0.4, 0.5) is 0 Å². The number of carbonyl (C=O) groups is 1. The zero-order chi connectivity index (χ0) is 17.2. The molecule has 10 heteroatoms. The average molecular weight is 340 g/mol. The van der Waals surface area contributed by atoms with Crippen molar-refractivity contribution in [1.29, 1.82) is 0 Å². The molecule has 1 unspecified atom stereocenters. The standard InChI is InChI=1S/C15H16N8O2/c24-14(20-10-1-2-12-9(3-10)4-18-22-12)11-5-17-13(21-15(11)25)6-23-8-16-7-19-23/h4-5,7-8,10H,1-3,6H2,(H,18,22)(H,20,24)(H,17,21,25). The van der Waals surface area contributed by atoms with Crippen LogP contribution in [-0.2, 0) is 19.4 Å². The highest BCUT2D eigenvalue weighted by molar-refractivity contribution is 5.93. The third-order valence-corrected chi connectivity index (χ3v) is 4.23. The second kappa shape index (κ2) is 6.30. The smallest absolute Gasteiger partial charge is 0.263 e. The van der Waals surface area contributed by atoms with Gasteiger partial charge in [0.25, 0.3) is 11.5 Å². The largest absolute Gasteiger partial charge is 0.349 e. The molecule has 3 aromatic rings. The Bertz CT molecular complexity index is 943. The van der Waals surface area contributed by atoms with Gasteiger partial charge in [-0.1, -0.05) is 0 Å². The van der Waals surface area contributed by atoms with Gasteiger partial charge >= 0.3 is 0 Å². The van der Waals surface area contributed by atoms with Crippen LogP contribution in [0.2, 0.25) is 0 Å². The molecule has 4 rings (SSSR count). The summed E-state index contributed by atoms with van der Waals surface area (Å²) < 4.78 is 1.53. The maximum atomic E-state index is 12.4. The molecule has 3 heterocycles. The van der Waals surface area contributed by atoms with E-state index in [0.29, 0.717) is 12.2 Å². The number of amides is 1. The molecule has 0 aliphatic heterocycles. The lowest BCUT2D eigenvalue weighted by atomic mass is 9.93. The van der Waals surface area contributed by atoms with Gasteiger partial charge in [0.2, 0.25) is 0 Å². The molecular weight excluding hydrogens is 324 g/mol. The molecule has 0 bridgehead atoms. The number of fused-ring (bicyclic) bond motifs is 1. The van der Waals surface area contributed by atoms with E-state index in [1.54, 1.807) is 6.20 Å². The van der Waals surface area contributed by atoms with Crippen LogP contribution in [0.3, 0.4) is 0 Å². The summed E-state index contributed by atoms with van der Waals surface area (Å²) in [5.74, 6) is -0.00856. The van der Waals surface area contributed by atoms with Gasteiger partial charge in [-0.2, -0.15) is 10.2 Å². The summed E-state index contributed by atoms with van der Waals surface area (Å²) in [6, 6.07) is -0.0215. The van der Waals surface area contributed by atoms with E-state index in [4.69, 9.17) is 0 Å². The summed E-state index contributed by atoms with van der Waals surface area (Å²) in [6.07, 6.45) is 8.33. The fourth-order valence-corrected chi connectivity index (χ4v) is 2.94. The van der Waals surface area contributed by atoms with Gasteiger partial charge in [-0.15, -0.1) is 0 Å². The number of nitrogens with zero attached hydrogens (tertiary/aromatic N) is 5. The van der Waals surface area contributed by atoms with Crippen molar-refractivity contribution in [2.24, 2.45) is 0 Å². The highest BCUT2D eigenvalue weighted by Gasteiger charge is 2.23. The Morgan fingerprint density at radius 1 is 1.40 bits per heavy atom. The Morgan fingerprint density at radius 3 is 3.12 bits per heavy atom. The van der Waals surface area contributed by atoms with Crippen molar-refractivity contribution in [3.05, 3.63) is 58.0 Å². The number of hydrogen-bond acceptors (Lipinski definition) is 6. The molecule has 1 atom stereocenters. The van der Waals surface area contributed by atoms with E-state index >= 15 is 0 Å². The number of hydrogen-bond donors (Lipinski definition) is 3. The van der Waals surface area contributed by atoms with Gasteiger partial charge < -0.3 is 10.3 Å². The number of aryl methyl sites for hydroxylation is 1. The maximum Gasteiger partial charge on any atom is 0.263 e. The number of carbonyl (C=O) groups excluding carboxylic acids is 1. The van der Waals surface area contributed by atoms with Gasteiger partial charge in [-0.05, 0) is 24.8 Å². The van der Waals surface area contributed by atoms with Crippen LogP contribution in [0.25, 0.3) is 0 Å². The molecule has 10 nitrogen and oxygen atoms in total. The maximum absolute atomic E-state index is 12.4. The molecule has 3 N–H and O–H groups in total. The summed E-state index contributed by atoms with van der Waals surface area (Å²) in [7, 11) is 0. The monoisotopic (exact) mass is 340 g/mol. The average Bonchev–Trinajstić information content (AvgIpc) is 3.25. The molecule has 0 fully saturated rings. The molecular formula is C15H16N8O2. The van der Waals surface area contributed by atoms with Gasteiger partial charge in [-0.25, -0.2) is 14.6 Å². The van der Waals surface area contributed by atoms with Crippen molar-refractivity contribution in [2.75, 3.05) is 0 Å². The second-order valence-corrected chi connectivity index (χ2v) is 5.95. The molecule has 0 saturated heterocycles. The normalized spacial score (nSPS) is 16.4. The van der Waals surface area contributed by atoms with Gasteiger partial charge in [-0.3, -0.25) is 14.7 Å². The van der Waals surface area contributed by atoms with E-state index < -0.39 is 11.5 Å². The summed E-state index contributed by atoms with van der Waals surface area (Å²) in [4.78, 5) is 35.2. The fraction of sp³-hybridized carbons (Fsp3) is 0.333. The van der Waals surface area contributed by atoms with Crippen LogP contribution in [0.5, 0.6) is 0 Å². The number of H-pyrrole nitrogens is 2. The Balaban J connectivity index is 1.44. The van der Waals surface area contributed by atoms with Crippen molar-refractivity contribution in [2.45, 2.75) is 31.8 Å². The molecule has 128 valence electrons. The Morgan fingerprint density at radius 2 is 2.32 bits per heavy atom. The van der Waals surface area contributed by atoms with Crippen molar-refractivity contribution < 1.29 is 4.79 Å². The van der Waals surface area contributed by atoms with Crippen LogP contribution in [0.15, 0.2) is 29.8 Å². The molecule has 25 heavy (non-hydrogen) atoms. The molecule has 0 spiro atoms. The molecule has 3 aromatic heterocycles. The van der Waals surface area contributed by atoms with E-state index in [-0.39, 0.29) is 18.2 Å². The Hall–Kier alpha value is -3.30. The first-order valence-corrected chi connectivity index (χ1v) is 7.91. The number of aromatic amines is 2. The van der Waals surface area contributed by atoms with Crippen molar-refractivity contribution in [3.8, 4) is 0 Å². The van der Waals surface area contributed by atoms with E-state index in [2.05, 4.69) is 35.6 Å². The quantitative estimate of drug-likeness (QED) is 0.582. The number of nitrogens with one attached hydrogen (secondary N) is 3. The lowest BCUT2D eigenvalue weighted by molar-refractivity contribution is 0.0931. The lowest BCUT2D eigenvalue weighted by Crippen LogP contribution is -2.41. The first-order chi connectivity index (χ1) is 12.2. The van der Waals surface area contributed by atoms with Crippen LogP contribution in [0.1, 0.15) is 33.9 Å². The van der Waals surface area contributed by atoms with E-state index in [9.17, 15) is 9.59 Å². The third kappa shape index (κ3) is 3.18. The zero-order valence-electron chi connectivity index (χ0n) is 13.3. The lowest BCUT2D eigenvalue weighted by Gasteiger charge is -2.22. The van der Waals surface area contributed by atoms with Crippen LogP contribution >= 0.6 is 0 Å². The minimum absolute atomic E-state index is 0.000306. The van der Waals surface area contributed by atoms with E-state index in [1.165, 1.54) is 23.5 Å². The summed E-state index contributed by atoms with van der Waals surface area (Å²) in [5, 5.41) is 13.8. The molecule has 0 radical (unpaired) electrons. The topological polar surface area (TPSA) is 134 Å². The van der Waals surface area contributed by atoms with E-state index in [1.807, 2.05) is 0 Å². The predicted molar refractivity (Wildman–Crippen MR) is 85.8 cm³/mol.